The van der Waals surface area contributed by atoms with Crippen LogP contribution in [0.3, 0.4) is 0 Å². The molecule has 1 aromatic carbocycles. The minimum Gasteiger partial charge on any atom is -0.471 e. The van der Waals surface area contributed by atoms with E-state index < -0.39 is 12.5 Å². The first-order chi connectivity index (χ1) is 14.9. The normalized spacial score (nSPS) is 16.0. The maximum Gasteiger partial charge on any atom is 0.278 e. The van der Waals surface area contributed by atoms with Crippen molar-refractivity contribution in [2.45, 2.75) is 44.8 Å². The number of benzene rings is 1. The van der Waals surface area contributed by atoms with Crippen molar-refractivity contribution >= 4 is 5.91 Å². The Hall–Kier alpha value is -3.29. The molecule has 3 aromatic rings. The average Bonchev–Trinajstić information content (AvgIpc) is 3.39. The van der Waals surface area contributed by atoms with Gasteiger partial charge >= 0.3 is 0 Å². The van der Waals surface area contributed by atoms with Crippen molar-refractivity contribution in [3.8, 4) is 17.0 Å². The predicted octanol–water partition coefficient (Wildman–Crippen LogP) is 4.47. The Morgan fingerprint density at radius 2 is 1.94 bits per heavy atom. The monoisotopic (exact) mass is 424 g/mol. The first-order valence-corrected chi connectivity index (χ1v) is 10.3. The Bertz CT molecular complexity index is 1120. The van der Waals surface area contributed by atoms with E-state index in [1.165, 1.54) is 19.0 Å². The van der Waals surface area contributed by atoms with Crippen LogP contribution in [-0.4, -0.2) is 38.1 Å². The Kier molecular flexibility index (Phi) is 4.72. The molecule has 0 unspecified atom stereocenters. The molecule has 1 saturated carbocycles. The fourth-order valence-corrected chi connectivity index (χ4v) is 3.76. The van der Waals surface area contributed by atoms with Gasteiger partial charge in [0.25, 0.3) is 11.8 Å². The number of rotatable bonds is 7. The highest BCUT2D eigenvalue weighted by atomic mass is 19.3. The fourth-order valence-electron chi connectivity index (χ4n) is 3.76. The number of amides is 1. The molecule has 3 heterocycles. The maximum atomic E-state index is 13.2. The molecule has 0 bridgehead atoms. The summed E-state index contributed by atoms with van der Waals surface area (Å²) in [6.45, 7) is 0.761. The summed E-state index contributed by atoms with van der Waals surface area (Å²) in [6.07, 6.45) is 7.81. The summed E-state index contributed by atoms with van der Waals surface area (Å²) in [7, 11) is 0. The molecule has 0 saturated heterocycles. The Morgan fingerprint density at radius 3 is 2.65 bits per heavy atom. The Morgan fingerprint density at radius 1 is 1.16 bits per heavy atom. The van der Waals surface area contributed by atoms with Gasteiger partial charge in [-0.05, 0) is 35.6 Å². The number of carbonyl (C=O) groups is 1. The van der Waals surface area contributed by atoms with Gasteiger partial charge < -0.3 is 9.64 Å². The van der Waals surface area contributed by atoms with E-state index in [9.17, 15) is 13.6 Å². The topological polar surface area (TPSA) is 60.2 Å². The van der Waals surface area contributed by atoms with E-state index in [0.29, 0.717) is 19.1 Å². The minimum absolute atomic E-state index is 0.0328. The smallest absolute Gasteiger partial charge is 0.278 e. The molecule has 160 valence electrons. The van der Waals surface area contributed by atoms with Crippen LogP contribution in [0.15, 0.2) is 48.9 Å². The summed E-state index contributed by atoms with van der Waals surface area (Å²) in [5.41, 5.74) is 4.14. The Labute approximate surface area is 178 Å². The summed E-state index contributed by atoms with van der Waals surface area (Å²) in [4.78, 5) is 18.6. The molecular weight excluding hydrogens is 402 g/mol. The lowest BCUT2D eigenvalue weighted by molar-refractivity contribution is -0.0245. The summed E-state index contributed by atoms with van der Waals surface area (Å²) in [5, 5.41) is 4.43. The van der Waals surface area contributed by atoms with Crippen molar-refractivity contribution in [3.05, 3.63) is 65.6 Å². The second-order valence-electron chi connectivity index (χ2n) is 8.31. The van der Waals surface area contributed by atoms with Crippen molar-refractivity contribution in [1.82, 2.24) is 19.7 Å². The van der Waals surface area contributed by atoms with Crippen molar-refractivity contribution in [2.24, 2.45) is 0 Å². The number of alkyl halides is 2. The molecule has 2 aliphatic rings. The zero-order valence-electron chi connectivity index (χ0n) is 17.1. The van der Waals surface area contributed by atoms with Crippen LogP contribution in [0.25, 0.3) is 11.1 Å². The van der Waals surface area contributed by atoms with Gasteiger partial charge in [-0.3, -0.25) is 9.48 Å². The third-order valence-electron chi connectivity index (χ3n) is 5.51. The quantitative estimate of drug-likeness (QED) is 0.562. The summed E-state index contributed by atoms with van der Waals surface area (Å²) < 4.78 is 33.5. The molecule has 0 radical (unpaired) electrons. The zero-order chi connectivity index (χ0) is 21.6. The van der Waals surface area contributed by atoms with Gasteiger partial charge in [0.2, 0.25) is 5.88 Å². The van der Waals surface area contributed by atoms with Gasteiger partial charge in [-0.2, -0.15) is 5.10 Å². The number of ether oxygens (including phenoxy) is 1. The highest BCUT2D eigenvalue weighted by Crippen LogP contribution is 2.35. The summed E-state index contributed by atoms with van der Waals surface area (Å²) in [6, 6.07) is 10.3. The molecule has 31 heavy (non-hydrogen) atoms. The van der Waals surface area contributed by atoms with Crippen LogP contribution in [-0.2, 0) is 13.1 Å². The molecule has 0 spiro atoms. The molecule has 6 nitrogen and oxygen atoms in total. The average molecular weight is 424 g/mol. The largest absolute Gasteiger partial charge is 0.471 e. The Balaban J connectivity index is 1.28. The molecule has 2 aromatic heterocycles. The minimum atomic E-state index is -3.00. The first-order valence-electron chi connectivity index (χ1n) is 10.3. The molecule has 1 aliphatic carbocycles. The van der Waals surface area contributed by atoms with Crippen molar-refractivity contribution < 1.29 is 18.3 Å². The lowest BCUT2D eigenvalue weighted by Crippen LogP contribution is -2.25. The van der Waals surface area contributed by atoms with E-state index in [2.05, 4.69) is 16.3 Å². The fraction of sp³-hybridized carbons (Fsp3) is 0.348. The SMILES string of the molecule is CC(F)(F)COc1nccc2c1C(=O)N(Cc1ccc(-c3cnn(C4CC4)c3)cc1)C2. The van der Waals surface area contributed by atoms with Crippen LogP contribution >= 0.6 is 0 Å². The number of hydrogen-bond donors (Lipinski definition) is 0. The van der Waals surface area contributed by atoms with Gasteiger partial charge in [0.1, 0.15) is 5.56 Å². The van der Waals surface area contributed by atoms with E-state index in [0.717, 1.165) is 29.2 Å². The second-order valence-corrected chi connectivity index (χ2v) is 8.31. The standard InChI is InChI=1S/C23H22F2N4O2/c1-23(24,25)14-31-21-20-17(8-9-26-21)12-28(22(20)30)11-15-2-4-16(5-3-15)18-10-27-29(13-18)19-6-7-19/h2-5,8-10,13,19H,6-7,11-12,14H2,1H3. The van der Waals surface area contributed by atoms with E-state index in [4.69, 9.17) is 4.74 Å². The molecule has 8 heteroatoms. The van der Waals surface area contributed by atoms with Crippen molar-refractivity contribution in [2.75, 3.05) is 6.61 Å². The van der Waals surface area contributed by atoms with Crippen molar-refractivity contribution in [1.29, 1.82) is 0 Å². The molecular formula is C23H22F2N4O2. The second kappa shape index (κ2) is 7.44. The van der Waals surface area contributed by atoms with Crippen LogP contribution < -0.4 is 4.74 Å². The molecule has 1 aliphatic heterocycles. The lowest BCUT2D eigenvalue weighted by atomic mass is 10.1. The van der Waals surface area contributed by atoms with Crippen LogP contribution in [0, 0.1) is 0 Å². The van der Waals surface area contributed by atoms with Gasteiger partial charge in [0, 0.05) is 38.0 Å². The number of hydrogen-bond acceptors (Lipinski definition) is 4. The molecule has 1 amide bonds. The maximum absolute atomic E-state index is 13.2. The number of pyridine rings is 1. The first kappa shape index (κ1) is 19.7. The van der Waals surface area contributed by atoms with Gasteiger partial charge in [-0.15, -0.1) is 0 Å². The van der Waals surface area contributed by atoms with Crippen LogP contribution in [0.5, 0.6) is 5.88 Å². The number of nitrogens with zero attached hydrogens (tertiary/aromatic N) is 4. The van der Waals surface area contributed by atoms with Gasteiger partial charge in [0.15, 0.2) is 6.61 Å². The predicted molar refractivity (Wildman–Crippen MR) is 110 cm³/mol. The van der Waals surface area contributed by atoms with Gasteiger partial charge in [-0.25, -0.2) is 13.8 Å². The number of halogens is 2. The molecule has 5 rings (SSSR count). The van der Waals surface area contributed by atoms with E-state index in [1.54, 1.807) is 11.0 Å². The van der Waals surface area contributed by atoms with Gasteiger partial charge in [0.05, 0.1) is 12.2 Å². The summed E-state index contributed by atoms with van der Waals surface area (Å²) in [5.74, 6) is -3.29. The molecule has 1 fully saturated rings. The van der Waals surface area contributed by atoms with Crippen LogP contribution in [0.4, 0.5) is 8.78 Å². The number of carbonyl (C=O) groups excluding carboxylic acids is 1. The number of aromatic nitrogens is 3. The van der Waals surface area contributed by atoms with Crippen molar-refractivity contribution in [3.63, 3.8) is 0 Å². The van der Waals surface area contributed by atoms with Crippen LogP contribution in [0.2, 0.25) is 0 Å². The molecule has 0 atom stereocenters. The van der Waals surface area contributed by atoms with E-state index >= 15 is 0 Å². The lowest BCUT2D eigenvalue weighted by Gasteiger charge is -2.16. The third-order valence-corrected chi connectivity index (χ3v) is 5.51. The molecule has 0 N–H and O–H groups in total. The third kappa shape index (κ3) is 4.15. The van der Waals surface area contributed by atoms with Gasteiger partial charge in [-0.1, -0.05) is 24.3 Å². The highest BCUT2D eigenvalue weighted by Gasteiger charge is 2.33. The number of fused-ring (bicyclic) bond motifs is 1. The van der Waals surface area contributed by atoms with Crippen LogP contribution in [0.1, 0.15) is 47.3 Å². The van der Waals surface area contributed by atoms with E-state index in [1.807, 2.05) is 35.1 Å². The highest BCUT2D eigenvalue weighted by molar-refractivity contribution is 6.00. The van der Waals surface area contributed by atoms with E-state index in [-0.39, 0.29) is 17.4 Å². The summed E-state index contributed by atoms with van der Waals surface area (Å²) >= 11 is 0. The zero-order valence-corrected chi connectivity index (χ0v) is 17.1.